The van der Waals surface area contributed by atoms with Crippen molar-refractivity contribution in [3.05, 3.63) is 36.5 Å². The highest BCUT2D eigenvalue weighted by molar-refractivity contribution is 5.85. The number of halogens is 2. The Morgan fingerprint density at radius 1 is 1.09 bits per heavy atom. The quantitative estimate of drug-likeness (QED) is 0.441. The van der Waals surface area contributed by atoms with E-state index < -0.39 is 6.61 Å². The van der Waals surface area contributed by atoms with E-state index in [4.69, 9.17) is 0 Å². The minimum absolute atomic E-state index is 0.140. The average Bonchev–Trinajstić information content (AvgIpc) is 3.34. The molecule has 8 nitrogen and oxygen atoms in total. The van der Waals surface area contributed by atoms with E-state index in [1.54, 1.807) is 10.7 Å². The number of hydrogen-bond donors (Lipinski definition) is 1. The number of hydrogen-bond acceptors (Lipinski definition) is 6. The number of nitrogens with zero attached hydrogens (tertiary/aromatic N) is 6. The maximum atomic E-state index is 12.4. The second-order valence-corrected chi connectivity index (χ2v) is 8.85. The zero-order valence-corrected chi connectivity index (χ0v) is 18.9. The summed E-state index contributed by atoms with van der Waals surface area (Å²) in [5.74, 6) is 1.46. The van der Waals surface area contributed by atoms with Crippen LogP contribution in [0.5, 0.6) is 0 Å². The van der Waals surface area contributed by atoms with Crippen molar-refractivity contribution < 1.29 is 13.5 Å². The summed E-state index contributed by atoms with van der Waals surface area (Å²) in [7, 11) is 0. The lowest BCUT2D eigenvalue weighted by molar-refractivity contribution is -0.169. The van der Waals surface area contributed by atoms with E-state index in [1.807, 2.05) is 25.4 Å². The number of rotatable bonds is 6. The monoisotopic (exact) mass is 455 g/mol. The van der Waals surface area contributed by atoms with Crippen LogP contribution < -0.4 is 5.32 Å². The maximum absolute atomic E-state index is 12.4. The van der Waals surface area contributed by atoms with Crippen molar-refractivity contribution in [1.82, 2.24) is 29.1 Å². The van der Waals surface area contributed by atoms with E-state index >= 15 is 0 Å². The van der Waals surface area contributed by atoms with Crippen LogP contribution in [-0.4, -0.2) is 47.9 Å². The number of nitrogens with one attached hydrogen (secondary N) is 1. The molecule has 0 spiro atoms. The molecular weight excluding hydrogens is 428 g/mol. The summed E-state index contributed by atoms with van der Waals surface area (Å²) >= 11 is 0. The lowest BCUT2D eigenvalue weighted by Crippen LogP contribution is -2.31. The van der Waals surface area contributed by atoms with E-state index in [9.17, 15) is 8.78 Å². The second-order valence-electron chi connectivity index (χ2n) is 8.85. The number of aryl methyl sites for hydroxylation is 1. The molecule has 0 saturated heterocycles. The molecule has 0 bridgehead atoms. The van der Waals surface area contributed by atoms with Crippen LogP contribution in [0.25, 0.3) is 27.8 Å². The molecule has 1 saturated carbocycles. The van der Waals surface area contributed by atoms with Crippen molar-refractivity contribution in [3.63, 3.8) is 0 Å². The minimum Gasteiger partial charge on any atom is -0.350 e. The first-order valence-electron chi connectivity index (χ1n) is 11.3. The third kappa shape index (κ3) is 4.27. The third-order valence-electron chi connectivity index (χ3n) is 6.27. The molecule has 1 fully saturated rings. The number of ether oxygens (including phenoxy) is 1. The fourth-order valence-electron chi connectivity index (χ4n) is 4.77. The van der Waals surface area contributed by atoms with Crippen molar-refractivity contribution in [2.24, 2.45) is 0 Å². The normalized spacial score (nSPS) is 19.2. The molecule has 1 N–H and O–H groups in total. The zero-order valence-electron chi connectivity index (χ0n) is 18.9. The molecule has 5 rings (SSSR count). The summed E-state index contributed by atoms with van der Waals surface area (Å²) in [6.45, 7) is 3.55. The molecule has 174 valence electrons. The van der Waals surface area contributed by atoms with Crippen LogP contribution in [0.3, 0.4) is 0 Å². The standard InChI is InChI=1S/C23H27F2N7O/c1-13(2)32-14(3)28-21-19(32)10-15(11-26-21)18-8-9-31-20(18)12-27-23(30-31)29-16-4-6-17(7-5-16)33-22(24)25/h8-13,16-17,22H,4-7H2,1-3H3,(H,29,30)/t16-,17-. The van der Waals surface area contributed by atoms with Gasteiger partial charge < -0.3 is 14.6 Å². The van der Waals surface area contributed by atoms with Crippen LogP contribution in [-0.2, 0) is 4.74 Å². The fraction of sp³-hybridized carbons (Fsp3) is 0.478. The first kappa shape index (κ1) is 21.7. The summed E-state index contributed by atoms with van der Waals surface area (Å²) in [6.07, 6.45) is 7.83. The van der Waals surface area contributed by atoms with Crippen molar-refractivity contribution in [2.45, 2.75) is 71.3 Å². The van der Waals surface area contributed by atoms with Gasteiger partial charge in [-0.25, -0.2) is 19.5 Å². The van der Waals surface area contributed by atoms with Crippen LogP contribution in [0.4, 0.5) is 14.7 Å². The molecular formula is C23H27F2N7O. The van der Waals surface area contributed by atoms with Crippen LogP contribution in [0.1, 0.15) is 51.4 Å². The average molecular weight is 456 g/mol. The van der Waals surface area contributed by atoms with E-state index in [-0.39, 0.29) is 18.2 Å². The minimum atomic E-state index is -2.71. The van der Waals surface area contributed by atoms with Gasteiger partial charge in [-0.2, -0.15) is 8.78 Å². The van der Waals surface area contributed by atoms with Crippen LogP contribution in [0, 0.1) is 6.92 Å². The van der Waals surface area contributed by atoms with Crippen molar-refractivity contribution in [2.75, 3.05) is 5.32 Å². The van der Waals surface area contributed by atoms with Gasteiger partial charge in [-0.15, -0.1) is 5.10 Å². The molecule has 10 heteroatoms. The fourth-order valence-corrected chi connectivity index (χ4v) is 4.77. The Labute approximate surface area is 190 Å². The Morgan fingerprint density at radius 2 is 1.88 bits per heavy atom. The molecule has 4 heterocycles. The van der Waals surface area contributed by atoms with Crippen LogP contribution in [0.15, 0.2) is 30.7 Å². The Bertz CT molecular complexity index is 1270. The molecule has 0 atom stereocenters. The van der Waals surface area contributed by atoms with Gasteiger partial charge >= 0.3 is 6.61 Å². The van der Waals surface area contributed by atoms with Gasteiger partial charge in [0.05, 0.1) is 23.3 Å². The number of fused-ring (bicyclic) bond motifs is 2. The summed E-state index contributed by atoms with van der Waals surface area (Å²) in [5.41, 5.74) is 4.60. The molecule has 1 aliphatic rings. The Morgan fingerprint density at radius 3 is 2.61 bits per heavy atom. The largest absolute Gasteiger partial charge is 0.350 e. The molecule has 33 heavy (non-hydrogen) atoms. The highest BCUT2D eigenvalue weighted by Gasteiger charge is 2.24. The maximum Gasteiger partial charge on any atom is 0.345 e. The van der Waals surface area contributed by atoms with E-state index in [1.165, 1.54) is 0 Å². The lowest BCUT2D eigenvalue weighted by atomic mass is 9.93. The molecule has 0 aromatic carbocycles. The Kier molecular flexibility index (Phi) is 5.69. The van der Waals surface area contributed by atoms with Gasteiger partial charge in [0.25, 0.3) is 0 Å². The van der Waals surface area contributed by atoms with Gasteiger partial charge in [0.1, 0.15) is 5.82 Å². The smallest absolute Gasteiger partial charge is 0.345 e. The third-order valence-corrected chi connectivity index (χ3v) is 6.27. The van der Waals surface area contributed by atoms with Gasteiger partial charge in [-0.05, 0) is 58.6 Å². The number of alkyl halides is 2. The molecule has 0 radical (unpaired) electrons. The van der Waals surface area contributed by atoms with Gasteiger partial charge in [-0.3, -0.25) is 0 Å². The predicted octanol–water partition coefficient (Wildman–Crippen LogP) is 4.99. The lowest BCUT2D eigenvalue weighted by Gasteiger charge is -2.28. The SMILES string of the molecule is Cc1nc2ncc(-c3ccn4nc(N[C@H]5CC[C@H](OC(F)F)CC5)ncc34)cc2n1C(C)C. The van der Waals surface area contributed by atoms with Crippen molar-refractivity contribution in [3.8, 4) is 11.1 Å². The zero-order chi connectivity index (χ0) is 23.1. The number of anilines is 1. The topological polar surface area (TPSA) is 82.2 Å². The first-order valence-corrected chi connectivity index (χ1v) is 11.3. The van der Waals surface area contributed by atoms with Gasteiger partial charge in [0.2, 0.25) is 5.95 Å². The molecule has 0 amide bonds. The number of pyridine rings is 1. The Hall–Kier alpha value is -3.14. The predicted molar refractivity (Wildman–Crippen MR) is 121 cm³/mol. The van der Waals surface area contributed by atoms with Gasteiger partial charge in [0.15, 0.2) is 5.65 Å². The van der Waals surface area contributed by atoms with E-state index in [0.717, 1.165) is 46.5 Å². The highest BCUT2D eigenvalue weighted by atomic mass is 19.3. The summed E-state index contributed by atoms with van der Waals surface area (Å²) < 4.78 is 33.4. The number of aromatic nitrogens is 6. The second kappa shape index (κ2) is 8.66. The summed E-state index contributed by atoms with van der Waals surface area (Å²) in [4.78, 5) is 13.7. The van der Waals surface area contributed by atoms with E-state index in [2.05, 4.69) is 54.6 Å². The first-order chi connectivity index (χ1) is 15.9. The van der Waals surface area contributed by atoms with Crippen molar-refractivity contribution in [1.29, 1.82) is 0 Å². The van der Waals surface area contributed by atoms with Gasteiger partial charge in [0, 0.05) is 35.6 Å². The van der Waals surface area contributed by atoms with Crippen molar-refractivity contribution >= 4 is 22.6 Å². The summed E-state index contributed by atoms with van der Waals surface area (Å²) in [6, 6.07) is 4.55. The molecule has 0 aliphatic heterocycles. The van der Waals surface area contributed by atoms with Gasteiger partial charge in [-0.1, -0.05) is 0 Å². The molecule has 0 unspecified atom stereocenters. The Balaban J connectivity index is 1.36. The highest BCUT2D eigenvalue weighted by Crippen LogP contribution is 2.29. The van der Waals surface area contributed by atoms with E-state index in [0.29, 0.717) is 18.8 Å². The number of imidazole rings is 1. The molecule has 4 aromatic heterocycles. The molecule has 1 aliphatic carbocycles. The molecule has 4 aromatic rings. The summed E-state index contributed by atoms with van der Waals surface area (Å²) in [5, 5.41) is 7.93. The van der Waals surface area contributed by atoms with Crippen LogP contribution in [0.2, 0.25) is 0 Å². The van der Waals surface area contributed by atoms with Crippen LogP contribution >= 0.6 is 0 Å².